The Bertz CT molecular complexity index is 1790. The average molecular weight is 770 g/mol. The van der Waals surface area contributed by atoms with Crippen LogP contribution in [0.3, 0.4) is 0 Å². The van der Waals surface area contributed by atoms with Gasteiger partial charge in [0.1, 0.15) is 29.8 Å². The summed E-state index contributed by atoms with van der Waals surface area (Å²) in [5, 5.41) is 4.92. The molecule has 2 aliphatic carbocycles. The van der Waals surface area contributed by atoms with Gasteiger partial charge in [-0.1, -0.05) is 63.1 Å². The van der Waals surface area contributed by atoms with Crippen LogP contribution < -0.4 is 15.4 Å². The molecule has 5 amide bonds. The van der Waals surface area contributed by atoms with Crippen molar-refractivity contribution in [3.05, 3.63) is 47.5 Å². The summed E-state index contributed by atoms with van der Waals surface area (Å²) in [5.74, 6) is -2.48. The van der Waals surface area contributed by atoms with E-state index in [0.29, 0.717) is 51.8 Å². The van der Waals surface area contributed by atoms with Gasteiger partial charge in [-0.3, -0.25) is 19.1 Å². The van der Waals surface area contributed by atoms with Gasteiger partial charge in [-0.15, -0.1) is 0 Å². The standard InChI is InChI=1S/C38H51N5O10S/c1-37(2)23-42(20-24-10-8-9-12-29(24)37)36(48)53-27-18-31-32(44)40-38(34(46)41-54(49,50)28-14-15-28)19-25(38)11-6-4-3-5-7-13-30(33(45)43(31)21-27)39-35(47)52-26-16-17-51-22-26/h6,8-12,25-28,30-31H,3-5,7,13-23H2,1-2H3,(H,39,47)(H,40,44)(H,41,46)/t25-,26+,27-,30+,31+,38-/m1/s1. The minimum atomic E-state index is -3.91. The van der Waals surface area contributed by atoms with E-state index in [1.54, 1.807) is 4.90 Å². The van der Waals surface area contributed by atoms with Gasteiger partial charge in [-0.25, -0.2) is 18.0 Å². The molecule has 3 N–H and O–H groups in total. The van der Waals surface area contributed by atoms with Gasteiger partial charge in [0.15, 0.2) is 0 Å². The van der Waals surface area contributed by atoms with Crippen LogP contribution in [0.5, 0.6) is 0 Å². The number of alkyl carbamates (subject to hydrolysis) is 1. The van der Waals surface area contributed by atoms with Crippen molar-refractivity contribution in [1.29, 1.82) is 0 Å². The number of nitrogens with one attached hydrogen (secondary N) is 3. The monoisotopic (exact) mass is 769 g/mol. The fourth-order valence-electron chi connectivity index (χ4n) is 8.27. The van der Waals surface area contributed by atoms with E-state index < -0.39 is 80.9 Å². The zero-order valence-electron chi connectivity index (χ0n) is 30.9. The third-order valence-electron chi connectivity index (χ3n) is 11.5. The normalized spacial score (nSPS) is 31.1. The highest BCUT2D eigenvalue weighted by molar-refractivity contribution is 7.91. The van der Waals surface area contributed by atoms with E-state index >= 15 is 0 Å². The number of nitrogens with zero attached hydrogens (tertiary/aromatic N) is 2. The molecule has 15 nitrogen and oxygen atoms in total. The minimum absolute atomic E-state index is 0.0632. The van der Waals surface area contributed by atoms with Crippen LogP contribution in [0.25, 0.3) is 0 Å². The Kier molecular flexibility index (Phi) is 10.7. The third kappa shape index (κ3) is 8.24. The zero-order chi connectivity index (χ0) is 38.3. The molecule has 0 aromatic heterocycles. The molecule has 2 saturated heterocycles. The van der Waals surface area contributed by atoms with Gasteiger partial charge in [0.05, 0.1) is 25.0 Å². The van der Waals surface area contributed by atoms with Crippen molar-refractivity contribution in [2.75, 3.05) is 26.3 Å². The topological polar surface area (TPSA) is 190 Å². The molecule has 294 valence electrons. The van der Waals surface area contributed by atoms with Crippen molar-refractivity contribution >= 4 is 39.9 Å². The summed E-state index contributed by atoms with van der Waals surface area (Å²) >= 11 is 0. The Morgan fingerprint density at radius 2 is 1.80 bits per heavy atom. The highest BCUT2D eigenvalue weighted by atomic mass is 32.2. The molecule has 54 heavy (non-hydrogen) atoms. The first-order chi connectivity index (χ1) is 25.8. The number of rotatable bonds is 6. The van der Waals surface area contributed by atoms with Crippen molar-refractivity contribution in [3.8, 4) is 0 Å². The second-order valence-corrected chi connectivity index (χ2v) is 18.2. The fourth-order valence-corrected chi connectivity index (χ4v) is 9.63. The van der Waals surface area contributed by atoms with E-state index in [9.17, 15) is 32.4 Å². The fraction of sp³-hybridized carbons (Fsp3) is 0.658. The molecular formula is C38H51N5O10S. The number of carbonyl (C=O) groups excluding carboxylic acids is 5. The number of benzene rings is 1. The maximum Gasteiger partial charge on any atom is 0.410 e. The van der Waals surface area contributed by atoms with E-state index in [1.807, 2.05) is 30.4 Å². The summed E-state index contributed by atoms with van der Waals surface area (Å²) in [4.78, 5) is 72.1. The molecule has 16 heteroatoms. The number of amides is 5. The lowest BCUT2D eigenvalue weighted by Crippen LogP contribution is -2.58. The minimum Gasteiger partial charge on any atom is -0.444 e. The average Bonchev–Trinajstić information content (AvgIpc) is 4.00. The van der Waals surface area contributed by atoms with Crippen LogP contribution in [-0.2, 0) is 50.6 Å². The van der Waals surface area contributed by atoms with E-state index in [-0.39, 0.29) is 37.8 Å². The number of ether oxygens (including phenoxy) is 3. The van der Waals surface area contributed by atoms with Crippen molar-refractivity contribution in [2.45, 2.75) is 125 Å². The molecule has 7 rings (SSSR count). The van der Waals surface area contributed by atoms with Crippen molar-refractivity contribution in [3.63, 3.8) is 0 Å². The Morgan fingerprint density at radius 3 is 2.56 bits per heavy atom. The SMILES string of the molecule is CC1(C)CN(C(=O)O[C@@H]2C[C@H]3C(=O)N[C@]4(C(=O)NS(=O)(=O)C5CC5)C[C@H]4C=CCCCCC[C@H](NC(=O)O[C@H]4CCOC4)C(=O)N3C2)Cc2ccccc21. The molecule has 6 aliphatic rings. The van der Waals surface area contributed by atoms with Crippen LogP contribution in [0.1, 0.15) is 89.2 Å². The second kappa shape index (κ2) is 15.2. The molecule has 0 radical (unpaired) electrons. The van der Waals surface area contributed by atoms with Crippen molar-refractivity contribution in [1.82, 2.24) is 25.2 Å². The summed E-state index contributed by atoms with van der Waals surface area (Å²) in [6, 6.07) is 5.71. The molecule has 1 aromatic carbocycles. The molecule has 6 atom stereocenters. The van der Waals surface area contributed by atoms with Gasteiger partial charge < -0.3 is 34.6 Å². The van der Waals surface area contributed by atoms with Gasteiger partial charge in [0.25, 0.3) is 5.91 Å². The predicted octanol–water partition coefficient (Wildman–Crippen LogP) is 2.77. The Morgan fingerprint density at radius 1 is 1.00 bits per heavy atom. The number of allylic oxidation sites excluding steroid dienone is 1. The van der Waals surface area contributed by atoms with Crippen LogP contribution in [0.4, 0.5) is 9.59 Å². The first kappa shape index (κ1) is 38.1. The molecule has 0 spiro atoms. The Labute approximate surface area is 315 Å². The van der Waals surface area contributed by atoms with Crippen LogP contribution in [-0.4, -0.2) is 110 Å². The maximum atomic E-state index is 14.4. The van der Waals surface area contributed by atoms with Gasteiger partial charge in [0, 0.05) is 37.3 Å². The second-order valence-electron chi connectivity index (χ2n) is 16.2. The third-order valence-corrected chi connectivity index (χ3v) is 13.3. The molecule has 0 unspecified atom stereocenters. The van der Waals surface area contributed by atoms with Crippen LogP contribution >= 0.6 is 0 Å². The van der Waals surface area contributed by atoms with Crippen LogP contribution in [0.15, 0.2) is 36.4 Å². The van der Waals surface area contributed by atoms with Gasteiger partial charge in [-0.05, 0) is 49.7 Å². The number of hydrogen-bond acceptors (Lipinski definition) is 10. The predicted molar refractivity (Wildman–Crippen MR) is 194 cm³/mol. The molecule has 1 aromatic rings. The van der Waals surface area contributed by atoms with Crippen LogP contribution in [0, 0.1) is 5.92 Å². The molecule has 4 heterocycles. The van der Waals surface area contributed by atoms with Crippen molar-refractivity contribution in [2.24, 2.45) is 5.92 Å². The first-order valence-corrected chi connectivity index (χ1v) is 20.7. The quantitative estimate of drug-likeness (QED) is 0.363. The lowest BCUT2D eigenvalue weighted by molar-refractivity contribution is -0.141. The molecule has 0 bridgehead atoms. The lowest BCUT2D eigenvalue weighted by Gasteiger charge is -2.39. The highest BCUT2D eigenvalue weighted by Crippen LogP contribution is 2.46. The Hall–Kier alpha value is -4.18. The van der Waals surface area contributed by atoms with E-state index in [4.69, 9.17) is 14.2 Å². The first-order valence-electron chi connectivity index (χ1n) is 19.2. The summed E-state index contributed by atoms with van der Waals surface area (Å²) in [5.41, 5.74) is 0.282. The summed E-state index contributed by atoms with van der Waals surface area (Å²) < 4.78 is 44.7. The number of hydrogen-bond donors (Lipinski definition) is 3. The van der Waals surface area contributed by atoms with E-state index in [2.05, 4.69) is 35.3 Å². The van der Waals surface area contributed by atoms with Crippen LogP contribution in [0.2, 0.25) is 0 Å². The van der Waals surface area contributed by atoms with Gasteiger partial charge >= 0.3 is 12.2 Å². The molecule has 2 saturated carbocycles. The summed E-state index contributed by atoms with van der Waals surface area (Å²) in [6.07, 6.45) is 5.78. The van der Waals surface area contributed by atoms with Gasteiger partial charge in [-0.2, -0.15) is 0 Å². The van der Waals surface area contributed by atoms with E-state index in [0.717, 1.165) is 24.0 Å². The Balaban J connectivity index is 1.13. The van der Waals surface area contributed by atoms with E-state index in [1.165, 1.54) is 4.90 Å². The smallest absolute Gasteiger partial charge is 0.410 e. The molecular weight excluding hydrogens is 719 g/mol. The van der Waals surface area contributed by atoms with Gasteiger partial charge in [0.2, 0.25) is 21.8 Å². The number of sulfonamides is 1. The molecule has 4 aliphatic heterocycles. The maximum absolute atomic E-state index is 14.4. The van der Waals surface area contributed by atoms with Crippen molar-refractivity contribution < 1.29 is 46.6 Å². The lowest BCUT2D eigenvalue weighted by atomic mass is 9.78. The number of carbonyl (C=O) groups is 5. The summed E-state index contributed by atoms with van der Waals surface area (Å²) in [6.45, 7) is 5.46. The zero-order valence-corrected chi connectivity index (χ0v) is 31.7. The largest absolute Gasteiger partial charge is 0.444 e. The summed E-state index contributed by atoms with van der Waals surface area (Å²) in [7, 11) is -3.91. The molecule has 4 fully saturated rings. The number of fused-ring (bicyclic) bond motifs is 3. The highest BCUT2D eigenvalue weighted by Gasteiger charge is 2.62.